The number of aromatic nitrogens is 1. The summed E-state index contributed by atoms with van der Waals surface area (Å²) in [6.07, 6.45) is 0.816. The molecule has 1 aromatic heterocycles. The number of hydrogen-bond acceptors (Lipinski definition) is 5. The quantitative estimate of drug-likeness (QED) is 0.867. The Balaban J connectivity index is 2.30. The van der Waals surface area contributed by atoms with Gasteiger partial charge in [-0.05, 0) is 39.3 Å². The highest BCUT2D eigenvalue weighted by Crippen LogP contribution is 2.36. The molecule has 0 saturated heterocycles. The standard InChI is InChI=1S/C15H22N4O3/c1-5-9(2)17-12(20)8-19-13-10(6-7-11(16)18-13)22-15(3,4)14(19)21/h6-7,9H,5,8H2,1-4H3,(H2,16,18)(H,17,20). The Kier molecular flexibility index (Phi) is 4.25. The molecular formula is C15H22N4O3. The van der Waals surface area contributed by atoms with Crippen LogP contribution in [0.15, 0.2) is 12.1 Å². The molecule has 1 unspecified atom stereocenters. The van der Waals surface area contributed by atoms with E-state index in [-0.39, 0.29) is 36.0 Å². The van der Waals surface area contributed by atoms with Crippen molar-refractivity contribution in [3.63, 3.8) is 0 Å². The first-order valence-electron chi connectivity index (χ1n) is 7.31. The number of nitrogens with zero attached hydrogens (tertiary/aromatic N) is 2. The van der Waals surface area contributed by atoms with Crippen molar-refractivity contribution in [2.24, 2.45) is 0 Å². The molecular weight excluding hydrogens is 284 g/mol. The number of nitrogens with one attached hydrogen (secondary N) is 1. The molecule has 1 atom stereocenters. The minimum Gasteiger partial charge on any atom is -0.474 e. The van der Waals surface area contributed by atoms with E-state index in [0.717, 1.165) is 6.42 Å². The zero-order chi connectivity index (χ0) is 16.5. The number of nitrogens with two attached hydrogens (primary N) is 1. The Hall–Kier alpha value is -2.31. The maximum Gasteiger partial charge on any atom is 0.272 e. The van der Waals surface area contributed by atoms with Crippen LogP contribution in [0.3, 0.4) is 0 Å². The lowest BCUT2D eigenvalue weighted by Crippen LogP contribution is -2.55. The van der Waals surface area contributed by atoms with Crippen molar-refractivity contribution in [2.75, 3.05) is 17.2 Å². The number of carbonyl (C=O) groups excluding carboxylic acids is 2. The van der Waals surface area contributed by atoms with Crippen LogP contribution in [0.25, 0.3) is 0 Å². The zero-order valence-corrected chi connectivity index (χ0v) is 13.3. The van der Waals surface area contributed by atoms with E-state index >= 15 is 0 Å². The van der Waals surface area contributed by atoms with Crippen molar-refractivity contribution < 1.29 is 14.3 Å². The van der Waals surface area contributed by atoms with Crippen LogP contribution < -0.4 is 20.7 Å². The van der Waals surface area contributed by atoms with E-state index in [4.69, 9.17) is 10.5 Å². The van der Waals surface area contributed by atoms with Gasteiger partial charge in [0.25, 0.3) is 5.91 Å². The number of ether oxygens (including phenoxy) is 1. The van der Waals surface area contributed by atoms with Crippen molar-refractivity contribution in [3.05, 3.63) is 12.1 Å². The van der Waals surface area contributed by atoms with Crippen LogP contribution in [0.5, 0.6) is 5.75 Å². The number of amides is 2. The lowest BCUT2D eigenvalue weighted by molar-refractivity contribution is -0.134. The Morgan fingerprint density at radius 2 is 2.18 bits per heavy atom. The smallest absolute Gasteiger partial charge is 0.272 e. The molecule has 120 valence electrons. The highest BCUT2D eigenvalue weighted by Gasteiger charge is 2.42. The van der Waals surface area contributed by atoms with Gasteiger partial charge < -0.3 is 15.8 Å². The average molecular weight is 306 g/mol. The molecule has 0 saturated carbocycles. The van der Waals surface area contributed by atoms with Gasteiger partial charge in [-0.3, -0.25) is 14.5 Å². The average Bonchev–Trinajstić information content (AvgIpc) is 2.44. The second kappa shape index (κ2) is 5.82. The van der Waals surface area contributed by atoms with Crippen molar-refractivity contribution in [3.8, 4) is 5.75 Å². The molecule has 0 fully saturated rings. The third-order valence-electron chi connectivity index (χ3n) is 3.56. The largest absolute Gasteiger partial charge is 0.474 e. The van der Waals surface area contributed by atoms with Gasteiger partial charge in [0.05, 0.1) is 0 Å². The van der Waals surface area contributed by atoms with Crippen LogP contribution in [0.2, 0.25) is 0 Å². The summed E-state index contributed by atoms with van der Waals surface area (Å²) in [5.74, 6) is 0.425. The Bertz CT molecular complexity index is 600. The minimum absolute atomic E-state index is 0.0462. The maximum atomic E-state index is 12.6. The van der Waals surface area contributed by atoms with Gasteiger partial charge in [-0.1, -0.05) is 6.92 Å². The third kappa shape index (κ3) is 3.13. The fourth-order valence-electron chi connectivity index (χ4n) is 2.18. The topological polar surface area (TPSA) is 97.5 Å². The van der Waals surface area contributed by atoms with Crippen LogP contribution in [0.1, 0.15) is 34.1 Å². The first kappa shape index (κ1) is 16.1. The molecule has 0 spiro atoms. The lowest BCUT2D eigenvalue weighted by Gasteiger charge is -2.37. The van der Waals surface area contributed by atoms with E-state index in [9.17, 15) is 9.59 Å². The molecule has 2 rings (SSSR count). The second-order valence-corrected chi connectivity index (χ2v) is 5.94. The van der Waals surface area contributed by atoms with Crippen molar-refractivity contribution in [1.29, 1.82) is 0 Å². The molecule has 0 bridgehead atoms. The van der Waals surface area contributed by atoms with Gasteiger partial charge in [-0.15, -0.1) is 0 Å². The van der Waals surface area contributed by atoms with E-state index in [1.165, 1.54) is 4.90 Å². The zero-order valence-electron chi connectivity index (χ0n) is 13.3. The summed E-state index contributed by atoms with van der Waals surface area (Å²) in [5, 5.41) is 2.84. The summed E-state index contributed by atoms with van der Waals surface area (Å²) in [7, 11) is 0. The molecule has 1 aromatic rings. The van der Waals surface area contributed by atoms with Crippen LogP contribution in [0.4, 0.5) is 11.6 Å². The summed E-state index contributed by atoms with van der Waals surface area (Å²) in [6.45, 7) is 7.10. The fraction of sp³-hybridized carbons (Fsp3) is 0.533. The lowest BCUT2D eigenvalue weighted by atomic mass is 10.1. The number of rotatable bonds is 4. The Labute approximate surface area is 129 Å². The maximum absolute atomic E-state index is 12.6. The molecule has 0 radical (unpaired) electrons. The number of fused-ring (bicyclic) bond motifs is 1. The predicted octanol–water partition coefficient (Wildman–Crippen LogP) is 1.08. The van der Waals surface area contributed by atoms with E-state index in [1.807, 2.05) is 13.8 Å². The van der Waals surface area contributed by atoms with Gasteiger partial charge in [0.15, 0.2) is 17.2 Å². The SMILES string of the molecule is CCC(C)NC(=O)CN1C(=O)C(C)(C)Oc2ccc(N)nc21. The first-order chi connectivity index (χ1) is 10.2. The van der Waals surface area contributed by atoms with Crippen molar-refractivity contribution >= 4 is 23.5 Å². The van der Waals surface area contributed by atoms with E-state index in [2.05, 4.69) is 10.3 Å². The van der Waals surface area contributed by atoms with Crippen LogP contribution in [-0.2, 0) is 9.59 Å². The minimum atomic E-state index is -1.05. The molecule has 3 N–H and O–H groups in total. The summed E-state index contributed by atoms with van der Waals surface area (Å²) in [4.78, 5) is 30.1. The molecule has 0 aliphatic carbocycles. The summed E-state index contributed by atoms with van der Waals surface area (Å²) < 4.78 is 5.66. The van der Waals surface area contributed by atoms with Gasteiger partial charge in [0.2, 0.25) is 5.91 Å². The molecule has 1 aliphatic heterocycles. The third-order valence-corrected chi connectivity index (χ3v) is 3.56. The monoisotopic (exact) mass is 306 g/mol. The number of nitrogen functional groups attached to an aromatic ring is 1. The van der Waals surface area contributed by atoms with Crippen LogP contribution >= 0.6 is 0 Å². The van der Waals surface area contributed by atoms with E-state index < -0.39 is 5.60 Å². The highest BCUT2D eigenvalue weighted by molar-refractivity contribution is 6.05. The number of pyridine rings is 1. The predicted molar refractivity (Wildman–Crippen MR) is 83.6 cm³/mol. The fourth-order valence-corrected chi connectivity index (χ4v) is 2.18. The highest BCUT2D eigenvalue weighted by atomic mass is 16.5. The molecule has 7 nitrogen and oxygen atoms in total. The van der Waals surface area contributed by atoms with Gasteiger partial charge in [-0.25, -0.2) is 4.98 Å². The van der Waals surface area contributed by atoms with Gasteiger partial charge in [-0.2, -0.15) is 0 Å². The number of anilines is 2. The van der Waals surface area contributed by atoms with E-state index in [1.54, 1.807) is 26.0 Å². The van der Waals surface area contributed by atoms with Crippen molar-refractivity contribution in [1.82, 2.24) is 10.3 Å². The number of hydrogen-bond donors (Lipinski definition) is 2. The molecule has 1 aliphatic rings. The molecule has 2 amide bonds. The van der Waals surface area contributed by atoms with Crippen LogP contribution in [0, 0.1) is 0 Å². The summed E-state index contributed by atoms with van der Waals surface area (Å²) >= 11 is 0. The van der Waals surface area contributed by atoms with E-state index in [0.29, 0.717) is 5.75 Å². The number of carbonyl (C=O) groups is 2. The Morgan fingerprint density at radius 3 is 2.82 bits per heavy atom. The van der Waals surface area contributed by atoms with Gasteiger partial charge >= 0.3 is 0 Å². The van der Waals surface area contributed by atoms with Crippen LogP contribution in [-0.4, -0.2) is 35.0 Å². The second-order valence-electron chi connectivity index (χ2n) is 5.94. The summed E-state index contributed by atoms with van der Waals surface area (Å²) in [5.41, 5.74) is 4.63. The van der Waals surface area contributed by atoms with Crippen molar-refractivity contribution in [2.45, 2.75) is 45.8 Å². The summed E-state index contributed by atoms with van der Waals surface area (Å²) in [6, 6.07) is 3.30. The molecule has 2 heterocycles. The normalized spacial score (nSPS) is 17.5. The van der Waals surface area contributed by atoms with Gasteiger partial charge in [0, 0.05) is 6.04 Å². The van der Waals surface area contributed by atoms with Gasteiger partial charge in [0.1, 0.15) is 12.4 Å². The molecule has 7 heteroatoms. The Morgan fingerprint density at radius 1 is 1.50 bits per heavy atom. The first-order valence-corrected chi connectivity index (χ1v) is 7.31. The molecule has 0 aromatic carbocycles. The molecule has 22 heavy (non-hydrogen) atoms.